The number of rotatable bonds is 30. The minimum atomic E-state index is -3.53. The zero-order valence-corrected chi connectivity index (χ0v) is 37.0. The third-order valence-corrected chi connectivity index (χ3v) is 11.7. The molecule has 6 nitrogen and oxygen atoms in total. The summed E-state index contributed by atoms with van der Waals surface area (Å²) in [5.41, 5.74) is 2.34. The van der Waals surface area contributed by atoms with Crippen LogP contribution < -0.4 is 9.46 Å². The van der Waals surface area contributed by atoms with Gasteiger partial charge in [-0.1, -0.05) is 168 Å². The summed E-state index contributed by atoms with van der Waals surface area (Å²) in [4.78, 5) is 4.29. The van der Waals surface area contributed by atoms with Crippen LogP contribution in [0.2, 0.25) is 0 Å². The van der Waals surface area contributed by atoms with Gasteiger partial charge in [0.05, 0.1) is 17.6 Å². The molecule has 1 unspecified atom stereocenters. The second-order valence-electron chi connectivity index (χ2n) is 15.8. The highest BCUT2D eigenvalue weighted by atomic mass is 32.2. The molecule has 0 amide bonds. The number of aliphatic hydroxyl groups excluding tert-OH is 1. The molecule has 0 fully saturated rings. The Morgan fingerprint density at radius 3 is 1.47 bits per heavy atom. The van der Waals surface area contributed by atoms with E-state index >= 15 is 0 Å². The highest BCUT2D eigenvalue weighted by Gasteiger charge is 2.16. The highest BCUT2D eigenvalue weighted by Crippen LogP contribution is 2.38. The molecule has 2 aromatic carbocycles. The summed E-state index contributed by atoms with van der Waals surface area (Å²) in [6.07, 6.45) is 34.6. The van der Waals surface area contributed by atoms with E-state index in [0.717, 1.165) is 6.07 Å². The molecule has 1 atom stereocenters. The number of aromatic nitrogens is 1. The van der Waals surface area contributed by atoms with Gasteiger partial charge in [-0.15, -0.1) is 0 Å². The van der Waals surface area contributed by atoms with Crippen LogP contribution in [0.5, 0.6) is 11.5 Å². The van der Waals surface area contributed by atoms with Crippen molar-refractivity contribution < 1.29 is 27.0 Å². The number of ether oxygens (including phenoxy) is 1. The van der Waals surface area contributed by atoms with E-state index in [2.05, 4.69) is 23.6 Å². The van der Waals surface area contributed by atoms with Gasteiger partial charge in [-0.3, -0.25) is 9.71 Å². The van der Waals surface area contributed by atoms with Crippen LogP contribution in [0, 0.1) is 18.6 Å². The fraction of sp³-hybridized carbons (Fsp3) is 0.646. The number of nitrogens with one attached hydrogen (secondary N) is 1. The van der Waals surface area contributed by atoms with Gasteiger partial charge < -0.3 is 9.84 Å². The molecule has 1 heterocycles. The van der Waals surface area contributed by atoms with Crippen LogP contribution in [0.3, 0.4) is 0 Å². The number of anilines is 1. The summed E-state index contributed by atoms with van der Waals surface area (Å²) < 4.78 is 59.6. The lowest BCUT2D eigenvalue weighted by Gasteiger charge is -2.16. The van der Waals surface area contributed by atoms with Crippen molar-refractivity contribution in [3.63, 3.8) is 0 Å². The van der Waals surface area contributed by atoms with Crippen LogP contribution >= 0.6 is 0 Å². The van der Waals surface area contributed by atoms with E-state index in [0.29, 0.717) is 28.6 Å². The molecule has 0 aliphatic rings. The second-order valence-corrected chi connectivity index (χ2v) is 17.8. The van der Waals surface area contributed by atoms with E-state index in [1.54, 1.807) is 32.0 Å². The molecule has 0 bridgehead atoms. The Bertz CT molecular complexity index is 1590. The van der Waals surface area contributed by atoms with Crippen molar-refractivity contribution in [1.29, 1.82) is 0 Å². The number of pyridine rings is 1. The first-order valence-electron chi connectivity index (χ1n) is 22.4. The number of aliphatic hydroxyl groups is 1. The Balaban J connectivity index is 0.000000401. The van der Waals surface area contributed by atoms with Gasteiger partial charge in [0.2, 0.25) is 10.0 Å². The minimum absolute atomic E-state index is 0.109. The zero-order chi connectivity index (χ0) is 41.7. The van der Waals surface area contributed by atoms with Crippen molar-refractivity contribution in [3.05, 3.63) is 71.6 Å². The van der Waals surface area contributed by atoms with Crippen LogP contribution in [0.15, 0.2) is 48.5 Å². The summed E-state index contributed by atoms with van der Waals surface area (Å²) >= 11 is 0. The Labute approximate surface area is 346 Å². The lowest BCUT2D eigenvalue weighted by molar-refractivity contribution is 0.194. The minimum Gasteiger partial charge on any atom is -0.454 e. The van der Waals surface area contributed by atoms with E-state index < -0.39 is 27.8 Å². The van der Waals surface area contributed by atoms with Gasteiger partial charge in [-0.25, -0.2) is 17.2 Å². The molecule has 3 rings (SSSR count). The molecular formula is C48H76F2N2O4S. The molecule has 0 saturated heterocycles. The molecule has 0 radical (unpaired) electrons. The molecule has 0 spiro atoms. The third kappa shape index (κ3) is 22.6. The van der Waals surface area contributed by atoms with Crippen molar-refractivity contribution in [2.75, 3.05) is 10.5 Å². The lowest BCUT2D eigenvalue weighted by atomic mass is 10.0. The van der Waals surface area contributed by atoms with Gasteiger partial charge in [0.25, 0.3) is 0 Å². The number of unbranched alkanes of at least 4 members (excludes halogenated alkanes) is 23. The summed E-state index contributed by atoms with van der Waals surface area (Å²) in [5, 5.41) is 9.96. The number of sulfonamides is 1. The fourth-order valence-electron chi connectivity index (χ4n) is 6.94. The van der Waals surface area contributed by atoms with E-state index in [1.165, 1.54) is 179 Å². The number of halogens is 2. The number of benzene rings is 2. The van der Waals surface area contributed by atoms with Crippen LogP contribution in [0.25, 0.3) is 11.1 Å². The van der Waals surface area contributed by atoms with Crippen LogP contribution in [-0.2, 0) is 10.0 Å². The quantitative estimate of drug-likeness (QED) is 0.0654. The van der Waals surface area contributed by atoms with E-state index in [4.69, 9.17) is 4.74 Å². The van der Waals surface area contributed by atoms with E-state index in [-0.39, 0.29) is 22.9 Å². The van der Waals surface area contributed by atoms with Gasteiger partial charge in [-0.2, -0.15) is 0 Å². The van der Waals surface area contributed by atoms with Crippen LogP contribution in [-0.4, -0.2) is 24.3 Å². The summed E-state index contributed by atoms with van der Waals surface area (Å²) in [6.45, 7) is 9.44. The molecule has 2 N–H and O–H groups in total. The maximum atomic E-state index is 14.2. The number of hydrogen-bond acceptors (Lipinski definition) is 5. The smallest absolute Gasteiger partial charge is 0.232 e. The predicted octanol–water partition coefficient (Wildman–Crippen LogP) is 15.3. The molecule has 0 aliphatic carbocycles. The Hall–Kier alpha value is -3.04. The topological polar surface area (TPSA) is 88.5 Å². The SMILES string of the molecule is CCCCCCCCCCCCCCCCCCCCCCCCCC.CCS(=O)(=O)Nc1ccc(Oc2ccc(F)cc2F)c(-c2cc(C)nc(C(C)O)c2)c1. The third-order valence-electron chi connectivity index (χ3n) is 10.4. The average molecular weight is 815 g/mol. The Morgan fingerprint density at radius 1 is 0.632 bits per heavy atom. The molecule has 57 heavy (non-hydrogen) atoms. The first-order chi connectivity index (χ1) is 27.5. The lowest BCUT2D eigenvalue weighted by Crippen LogP contribution is -2.14. The second kappa shape index (κ2) is 30.1. The first-order valence-corrected chi connectivity index (χ1v) is 24.1. The molecule has 0 saturated carbocycles. The van der Waals surface area contributed by atoms with Gasteiger partial charge in [0, 0.05) is 23.0 Å². The van der Waals surface area contributed by atoms with Crippen LogP contribution in [0.4, 0.5) is 14.5 Å². The van der Waals surface area contributed by atoms with Crippen molar-refractivity contribution in [2.45, 2.75) is 195 Å². The standard InChI is InChI=1S/C26H54.C22H22F2N2O4S/c1-3-5-7-9-11-13-15-17-19-21-23-25-26-24-22-20-18-16-14-12-10-8-6-4-2;1-4-31(28,29)26-17-6-8-21(30-22-7-5-16(23)11-19(22)24)18(12-17)15-9-13(2)25-20(10-15)14(3)27/h3-26H2,1-2H3;5-12,14,26-27H,4H2,1-3H3. The summed E-state index contributed by atoms with van der Waals surface area (Å²) in [6, 6.07) is 10.8. The van der Waals surface area contributed by atoms with E-state index in [9.17, 15) is 22.3 Å². The molecule has 0 aliphatic heterocycles. The summed E-state index contributed by atoms with van der Waals surface area (Å²) in [5.74, 6) is -1.70. The van der Waals surface area contributed by atoms with Crippen molar-refractivity contribution in [2.24, 2.45) is 0 Å². The fourth-order valence-corrected chi connectivity index (χ4v) is 7.57. The molecule has 3 aromatic rings. The first kappa shape index (κ1) is 50.1. The molecule has 9 heteroatoms. The maximum absolute atomic E-state index is 14.2. The molecular weight excluding hydrogens is 739 g/mol. The molecule has 322 valence electrons. The van der Waals surface area contributed by atoms with Crippen molar-refractivity contribution >= 4 is 15.7 Å². The molecule has 1 aromatic heterocycles. The van der Waals surface area contributed by atoms with Crippen LogP contribution in [0.1, 0.15) is 199 Å². The highest BCUT2D eigenvalue weighted by molar-refractivity contribution is 7.92. The average Bonchev–Trinajstić information content (AvgIpc) is 3.18. The van der Waals surface area contributed by atoms with E-state index in [1.807, 2.05) is 0 Å². The Kier molecular flexibility index (Phi) is 26.4. The predicted molar refractivity (Wildman–Crippen MR) is 237 cm³/mol. The Morgan fingerprint density at radius 2 is 1.07 bits per heavy atom. The van der Waals surface area contributed by atoms with Gasteiger partial charge >= 0.3 is 0 Å². The van der Waals surface area contributed by atoms with Crippen molar-refractivity contribution in [3.8, 4) is 22.6 Å². The van der Waals surface area contributed by atoms with Gasteiger partial charge in [-0.05, 0) is 68.8 Å². The summed E-state index contributed by atoms with van der Waals surface area (Å²) in [7, 11) is -3.53. The van der Waals surface area contributed by atoms with Gasteiger partial charge in [0.15, 0.2) is 11.6 Å². The zero-order valence-electron chi connectivity index (χ0n) is 36.2. The monoisotopic (exact) mass is 815 g/mol. The van der Waals surface area contributed by atoms with Crippen molar-refractivity contribution in [1.82, 2.24) is 4.98 Å². The van der Waals surface area contributed by atoms with Gasteiger partial charge in [0.1, 0.15) is 11.6 Å². The maximum Gasteiger partial charge on any atom is 0.232 e. The number of nitrogens with zero attached hydrogens (tertiary/aromatic N) is 1. The number of hydrogen-bond donors (Lipinski definition) is 2. The number of aryl methyl sites for hydroxylation is 1. The normalized spacial score (nSPS) is 11.9. The largest absolute Gasteiger partial charge is 0.454 e.